The molecule has 3 N–H and O–H groups in total. The van der Waals surface area contributed by atoms with Crippen molar-refractivity contribution in [2.75, 3.05) is 0 Å². The van der Waals surface area contributed by atoms with Gasteiger partial charge in [0.1, 0.15) is 10.9 Å². The molecule has 0 fully saturated rings. The Morgan fingerprint density at radius 3 is 2.70 bits per heavy atom. The number of primary amides is 1. The van der Waals surface area contributed by atoms with E-state index in [1.54, 1.807) is 13.8 Å². The molecule has 0 bridgehead atoms. The van der Waals surface area contributed by atoms with E-state index < -0.39 is 17.2 Å². The van der Waals surface area contributed by atoms with Gasteiger partial charge in [0.2, 0.25) is 5.91 Å². The van der Waals surface area contributed by atoms with Gasteiger partial charge in [0, 0.05) is 5.39 Å². The number of carbonyl (C=O) groups excluding carboxylic acids is 2. The normalized spacial score (nSPS) is 12.1. The van der Waals surface area contributed by atoms with E-state index in [4.69, 9.17) is 5.73 Å². The summed E-state index contributed by atoms with van der Waals surface area (Å²) >= 11 is 1.27. The Morgan fingerprint density at radius 2 is 2.00 bits per heavy atom. The number of amides is 3. The largest absolute Gasteiger partial charge is 0.351 e. The van der Waals surface area contributed by atoms with Crippen LogP contribution in [-0.2, 0) is 4.79 Å². The van der Waals surface area contributed by atoms with Crippen molar-refractivity contribution in [3.05, 3.63) is 30.1 Å². The van der Waals surface area contributed by atoms with Crippen molar-refractivity contribution >= 4 is 34.6 Å². The molecule has 104 valence electrons. The Morgan fingerprint density at radius 1 is 1.30 bits per heavy atom. The van der Waals surface area contributed by atoms with E-state index in [-0.39, 0.29) is 0 Å². The summed E-state index contributed by atoms with van der Waals surface area (Å²) in [4.78, 5) is 31.1. The van der Waals surface area contributed by atoms with Gasteiger partial charge in [-0.05, 0) is 19.9 Å². The lowest BCUT2D eigenvalue weighted by Gasteiger charge is -2.11. The Bertz CT molecular complexity index is 674. The lowest BCUT2D eigenvalue weighted by molar-refractivity contribution is -0.119. The molecule has 0 aliphatic carbocycles. The van der Waals surface area contributed by atoms with Gasteiger partial charge in [-0.2, -0.15) is 0 Å². The van der Waals surface area contributed by atoms with Gasteiger partial charge in [0.05, 0.1) is 10.8 Å². The molecule has 1 heterocycles. The van der Waals surface area contributed by atoms with E-state index in [2.05, 4.69) is 15.3 Å². The Hall–Kier alpha value is -2.15. The number of thioether (sulfide) groups is 1. The molecule has 0 aliphatic rings. The molecule has 1 atom stereocenters. The van der Waals surface area contributed by atoms with Crippen LogP contribution < -0.4 is 11.1 Å². The fourth-order valence-corrected chi connectivity index (χ4v) is 2.68. The minimum absolute atomic E-state index is 0.442. The van der Waals surface area contributed by atoms with Crippen molar-refractivity contribution in [3.8, 4) is 0 Å². The van der Waals surface area contributed by atoms with Crippen LogP contribution in [-0.4, -0.2) is 27.2 Å². The molecule has 2 rings (SSSR count). The molecular formula is C13H14N4O2S. The number of nitrogens with zero attached hydrogens (tertiary/aromatic N) is 2. The summed E-state index contributed by atoms with van der Waals surface area (Å²) in [6.45, 7) is 3.49. The van der Waals surface area contributed by atoms with Crippen LogP contribution in [0.2, 0.25) is 0 Å². The van der Waals surface area contributed by atoms with Crippen molar-refractivity contribution in [2.45, 2.75) is 24.1 Å². The van der Waals surface area contributed by atoms with Crippen LogP contribution in [0.5, 0.6) is 0 Å². The third-order valence-corrected chi connectivity index (χ3v) is 3.69. The van der Waals surface area contributed by atoms with Crippen LogP contribution in [0, 0.1) is 6.92 Å². The molecule has 7 heteroatoms. The Labute approximate surface area is 120 Å². The molecule has 6 nitrogen and oxygen atoms in total. The van der Waals surface area contributed by atoms with Crippen LogP contribution in [0.3, 0.4) is 0 Å². The zero-order chi connectivity index (χ0) is 14.7. The van der Waals surface area contributed by atoms with Crippen molar-refractivity contribution in [2.24, 2.45) is 5.73 Å². The first-order valence-electron chi connectivity index (χ1n) is 5.97. The lowest BCUT2D eigenvalue weighted by atomic mass is 10.2. The number of carbonyl (C=O) groups is 2. The number of nitrogens with one attached hydrogen (secondary N) is 1. The third kappa shape index (κ3) is 3.24. The number of hydrogen-bond acceptors (Lipinski definition) is 5. The molecule has 1 aromatic carbocycles. The Kier molecular flexibility index (Phi) is 4.19. The van der Waals surface area contributed by atoms with Crippen LogP contribution in [0.25, 0.3) is 10.9 Å². The molecule has 3 amide bonds. The van der Waals surface area contributed by atoms with Gasteiger partial charge in [0.25, 0.3) is 0 Å². The van der Waals surface area contributed by atoms with E-state index in [1.807, 2.05) is 24.3 Å². The molecular weight excluding hydrogens is 276 g/mol. The van der Waals surface area contributed by atoms with Gasteiger partial charge in [-0.1, -0.05) is 30.0 Å². The Balaban J connectivity index is 2.29. The first-order valence-corrected chi connectivity index (χ1v) is 6.85. The summed E-state index contributed by atoms with van der Waals surface area (Å²) in [5, 5.41) is 3.16. The molecule has 0 spiro atoms. The minimum Gasteiger partial charge on any atom is -0.351 e. The molecule has 0 saturated heterocycles. The van der Waals surface area contributed by atoms with Gasteiger partial charge in [0.15, 0.2) is 0 Å². The van der Waals surface area contributed by atoms with E-state index in [0.717, 1.165) is 10.9 Å². The highest BCUT2D eigenvalue weighted by Crippen LogP contribution is 2.28. The van der Waals surface area contributed by atoms with Crippen molar-refractivity contribution in [1.29, 1.82) is 0 Å². The summed E-state index contributed by atoms with van der Waals surface area (Å²) in [6, 6.07) is 6.72. The van der Waals surface area contributed by atoms with E-state index in [9.17, 15) is 9.59 Å². The molecule has 0 saturated carbocycles. The van der Waals surface area contributed by atoms with Crippen LogP contribution in [0.15, 0.2) is 29.3 Å². The lowest BCUT2D eigenvalue weighted by Crippen LogP contribution is -2.39. The second-order valence-electron chi connectivity index (χ2n) is 4.21. The quantitative estimate of drug-likeness (QED) is 0.661. The number of fused-ring (bicyclic) bond motifs is 1. The van der Waals surface area contributed by atoms with E-state index in [1.165, 1.54) is 11.8 Å². The molecule has 1 aromatic heterocycles. The molecule has 0 unspecified atom stereocenters. The summed E-state index contributed by atoms with van der Waals surface area (Å²) in [5.74, 6) is 0.191. The monoisotopic (exact) mass is 290 g/mol. The van der Waals surface area contributed by atoms with Gasteiger partial charge >= 0.3 is 6.03 Å². The van der Waals surface area contributed by atoms with Gasteiger partial charge < -0.3 is 5.73 Å². The highest BCUT2D eigenvalue weighted by Gasteiger charge is 2.18. The number of para-hydroxylation sites is 1. The maximum atomic E-state index is 11.7. The number of urea groups is 1. The predicted octanol–water partition coefficient (Wildman–Crippen LogP) is 1.61. The summed E-state index contributed by atoms with van der Waals surface area (Å²) in [7, 11) is 0. The second kappa shape index (κ2) is 5.87. The minimum atomic E-state index is -0.855. The topological polar surface area (TPSA) is 98.0 Å². The molecule has 20 heavy (non-hydrogen) atoms. The highest BCUT2D eigenvalue weighted by molar-refractivity contribution is 8.00. The highest BCUT2D eigenvalue weighted by atomic mass is 32.2. The summed E-state index contributed by atoms with van der Waals surface area (Å²) in [6.07, 6.45) is 0. The number of aryl methyl sites for hydroxylation is 1. The van der Waals surface area contributed by atoms with Crippen LogP contribution >= 0.6 is 11.8 Å². The maximum Gasteiger partial charge on any atom is 0.318 e. The number of hydrogen-bond donors (Lipinski definition) is 2. The average Bonchev–Trinajstić information content (AvgIpc) is 2.37. The smallest absolute Gasteiger partial charge is 0.318 e. The van der Waals surface area contributed by atoms with Gasteiger partial charge in [-0.25, -0.2) is 14.8 Å². The molecule has 0 aliphatic heterocycles. The zero-order valence-electron chi connectivity index (χ0n) is 11.1. The van der Waals surface area contributed by atoms with Gasteiger partial charge in [-0.15, -0.1) is 0 Å². The fourth-order valence-electron chi connectivity index (χ4n) is 1.69. The maximum absolute atomic E-state index is 11.7. The first-order chi connectivity index (χ1) is 9.47. The second-order valence-corrected chi connectivity index (χ2v) is 5.54. The average molecular weight is 290 g/mol. The third-order valence-electron chi connectivity index (χ3n) is 2.58. The van der Waals surface area contributed by atoms with E-state index >= 15 is 0 Å². The van der Waals surface area contributed by atoms with Crippen molar-refractivity contribution in [3.63, 3.8) is 0 Å². The van der Waals surface area contributed by atoms with Crippen molar-refractivity contribution < 1.29 is 9.59 Å². The number of rotatable bonds is 3. The first kappa shape index (κ1) is 14.3. The summed E-state index contributed by atoms with van der Waals surface area (Å²) in [5.41, 5.74) is 5.76. The SMILES string of the molecule is Cc1nc(S[C@@H](C)C(=O)NC(N)=O)c2ccccc2n1. The number of imide groups is 1. The van der Waals surface area contributed by atoms with E-state index in [0.29, 0.717) is 10.9 Å². The number of benzene rings is 1. The molecule has 2 aromatic rings. The van der Waals surface area contributed by atoms with Crippen molar-refractivity contribution in [1.82, 2.24) is 15.3 Å². The molecule has 0 radical (unpaired) electrons. The number of nitrogens with two attached hydrogens (primary N) is 1. The predicted molar refractivity (Wildman–Crippen MR) is 77.3 cm³/mol. The van der Waals surface area contributed by atoms with Crippen LogP contribution in [0.1, 0.15) is 12.7 Å². The zero-order valence-corrected chi connectivity index (χ0v) is 11.9. The van der Waals surface area contributed by atoms with Crippen LogP contribution in [0.4, 0.5) is 4.79 Å². The summed E-state index contributed by atoms with van der Waals surface area (Å²) < 4.78 is 0. The number of aromatic nitrogens is 2. The standard InChI is InChI=1S/C13H14N4O2S/c1-7(11(18)17-13(14)19)20-12-9-5-3-4-6-10(9)15-8(2)16-12/h3-7H,1-2H3,(H3,14,17,18,19)/t7-/m0/s1. The van der Waals surface area contributed by atoms with Gasteiger partial charge in [-0.3, -0.25) is 10.1 Å². The fraction of sp³-hybridized carbons (Fsp3) is 0.231.